The van der Waals surface area contributed by atoms with Crippen LogP contribution in [-0.2, 0) is 14.0 Å². The third-order valence-electron chi connectivity index (χ3n) is 6.64. The molecule has 0 saturated carbocycles. The number of ether oxygens (including phenoxy) is 1. The predicted octanol–water partition coefficient (Wildman–Crippen LogP) is 4.05. The van der Waals surface area contributed by atoms with Crippen molar-refractivity contribution >= 4 is 29.7 Å². The van der Waals surface area contributed by atoms with Gasteiger partial charge in [0, 0.05) is 18.5 Å². The number of hydrogen-bond donors (Lipinski definition) is 0. The Hall–Kier alpha value is -2.13. The zero-order chi connectivity index (χ0) is 23.5. The standard InChI is InChI=1S/C23H33BFN3O4/c1-21(2,3)30-20(29)27-12-10-16(11-13-27)28-18-14-15(25)8-9-17(18)19(26-28)24-31-22(4,5)23(6,7)32-24/h8-9,14,16H,10-13H2,1-7H3. The summed E-state index contributed by atoms with van der Waals surface area (Å²) in [5.74, 6) is -0.315. The van der Waals surface area contributed by atoms with Crippen molar-refractivity contribution in [2.45, 2.75) is 84.2 Å². The van der Waals surface area contributed by atoms with E-state index in [2.05, 4.69) is 0 Å². The van der Waals surface area contributed by atoms with E-state index < -0.39 is 23.9 Å². The molecule has 0 spiro atoms. The molecule has 32 heavy (non-hydrogen) atoms. The summed E-state index contributed by atoms with van der Waals surface area (Å²) in [5, 5.41) is 5.68. The van der Waals surface area contributed by atoms with E-state index in [4.69, 9.17) is 19.1 Å². The molecule has 2 aliphatic rings. The smallest absolute Gasteiger partial charge is 0.444 e. The second-order valence-corrected chi connectivity index (χ2v) is 10.8. The van der Waals surface area contributed by atoms with Crippen molar-refractivity contribution < 1.29 is 23.2 Å². The lowest BCUT2D eigenvalue weighted by Crippen LogP contribution is -2.42. The first-order valence-electron chi connectivity index (χ1n) is 11.3. The molecule has 0 N–H and O–H groups in total. The van der Waals surface area contributed by atoms with Gasteiger partial charge in [-0.2, -0.15) is 5.10 Å². The molecule has 0 atom stereocenters. The highest BCUT2D eigenvalue weighted by Gasteiger charge is 2.53. The SMILES string of the molecule is CC(C)(C)OC(=O)N1CCC(n2nc(B3OC(C)(C)C(C)(C)O3)c3ccc(F)cc32)CC1. The molecule has 1 aromatic heterocycles. The van der Waals surface area contributed by atoms with E-state index in [-0.39, 0.29) is 18.0 Å². The highest BCUT2D eigenvalue weighted by Crippen LogP contribution is 2.37. The fourth-order valence-corrected chi connectivity index (χ4v) is 4.16. The monoisotopic (exact) mass is 445 g/mol. The number of carbonyl (C=O) groups is 1. The van der Waals surface area contributed by atoms with E-state index in [0.29, 0.717) is 37.0 Å². The molecule has 0 bridgehead atoms. The van der Waals surface area contributed by atoms with Gasteiger partial charge in [-0.05, 0) is 79.5 Å². The van der Waals surface area contributed by atoms with E-state index in [1.807, 2.05) is 53.1 Å². The van der Waals surface area contributed by atoms with Gasteiger partial charge in [0.1, 0.15) is 17.0 Å². The summed E-state index contributed by atoms with van der Waals surface area (Å²) in [6.07, 6.45) is 1.11. The van der Waals surface area contributed by atoms with E-state index in [1.165, 1.54) is 12.1 Å². The maximum absolute atomic E-state index is 14.2. The molecule has 0 unspecified atom stereocenters. The molecular formula is C23H33BFN3O4. The Bertz CT molecular complexity index is 1010. The molecule has 2 aliphatic heterocycles. The highest BCUT2D eigenvalue weighted by atomic mass is 19.1. The van der Waals surface area contributed by atoms with Crippen LogP contribution in [0.2, 0.25) is 0 Å². The van der Waals surface area contributed by atoms with Gasteiger partial charge in [0.2, 0.25) is 0 Å². The minimum atomic E-state index is -0.629. The van der Waals surface area contributed by atoms with Crippen LogP contribution in [0.5, 0.6) is 0 Å². The molecule has 3 heterocycles. The van der Waals surface area contributed by atoms with Crippen LogP contribution in [0.1, 0.15) is 67.3 Å². The van der Waals surface area contributed by atoms with Gasteiger partial charge in [-0.15, -0.1) is 0 Å². The molecule has 174 valence electrons. The third kappa shape index (κ3) is 4.24. The number of benzene rings is 1. The average molecular weight is 445 g/mol. The number of rotatable bonds is 2. The van der Waals surface area contributed by atoms with Crippen molar-refractivity contribution in [3.63, 3.8) is 0 Å². The minimum absolute atomic E-state index is 0.0363. The van der Waals surface area contributed by atoms with Crippen molar-refractivity contribution in [2.75, 3.05) is 13.1 Å². The predicted molar refractivity (Wildman–Crippen MR) is 121 cm³/mol. The lowest BCUT2D eigenvalue weighted by molar-refractivity contribution is 0.00578. The summed E-state index contributed by atoms with van der Waals surface area (Å²) in [7, 11) is -0.629. The molecule has 1 aromatic carbocycles. The number of fused-ring (bicyclic) bond motifs is 1. The van der Waals surface area contributed by atoms with Gasteiger partial charge in [0.25, 0.3) is 0 Å². The molecule has 2 aromatic rings. The Labute approximate surface area is 189 Å². The normalized spacial score (nSPS) is 21.4. The maximum atomic E-state index is 14.2. The molecule has 2 saturated heterocycles. The Balaban J connectivity index is 1.60. The van der Waals surface area contributed by atoms with Crippen molar-refractivity contribution in [1.82, 2.24) is 14.7 Å². The summed E-state index contributed by atoms with van der Waals surface area (Å²) >= 11 is 0. The van der Waals surface area contributed by atoms with Gasteiger partial charge >= 0.3 is 13.2 Å². The van der Waals surface area contributed by atoms with E-state index >= 15 is 0 Å². The molecule has 7 nitrogen and oxygen atoms in total. The van der Waals surface area contributed by atoms with Crippen LogP contribution < -0.4 is 5.59 Å². The summed E-state index contributed by atoms with van der Waals surface area (Å²) < 4.78 is 34.0. The summed E-state index contributed by atoms with van der Waals surface area (Å²) in [6, 6.07) is 4.73. The minimum Gasteiger partial charge on any atom is -0.444 e. The highest BCUT2D eigenvalue weighted by molar-refractivity contribution is 6.64. The molecule has 9 heteroatoms. The Morgan fingerprint density at radius 3 is 2.31 bits per heavy atom. The average Bonchev–Trinajstić information content (AvgIpc) is 3.14. The topological polar surface area (TPSA) is 65.8 Å². The van der Waals surface area contributed by atoms with Crippen LogP contribution in [0.25, 0.3) is 10.9 Å². The van der Waals surface area contributed by atoms with Gasteiger partial charge in [-0.25, -0.2) is 9.18 Å². The van der Waals surface area contributed by atoms with Crippen LogP contribution in [-0.4, -0.2) is 57.8 Å². The van der Waals surface area contributed by atoms with Gasteiger partial charge in [0.15, 0.2) is 0 Å². The second kappa shape index (κ2) is 7.73. The number of piperidine rings is 1. The maximum Gasteiger partial charge on any atom is 0.517 e. The summed E-state index contributed by atoms with van der Waals surface area (Å²) in [4.78, 5) is 14.1. The largest absolute Gasteiger partial charge is 0.517 e. The first-order chi connectivity index (χ1) is 14.8. The van der Waals surface area contributed by atoms with Gasteiger partial charge < -0.3 is 18.9 Å². The van der Waals surface area contributed by atoms with Crippen LogP contribution in [0.3, 0.4) is 0 Å². The number of carbonyl (C=O) groups excluding carboxylic acids is 1. The zero-order valence-electron chi connectivity index (χ0n) is 20.1. The van der Waals surface area contributed by atoms with Crippen molar-refractivity contribution in [2.24, 2.45) is 0 Å². The van der Waals surface area contributed by atoms with Crippen LogP contribution in [0, 0.1) is 5.82 Å². The molecule has 0 aliphatic carbocycles. The Morgan fingerprint density at radius 2 is 1.75 bits per heavy atom. The Kier molecular flexibility index (Phi) is 5.57. The molecule has 2 fully saturated rings. The van der Waals surface area contributed by atoms with Crippen LogP contribution >= 0.6 is 0 Å². The number of aromatic nitrogens is 2. The first-order valence-corrected chi connectivity index (χ1v) is 11.3. The molecular weight excluding hydrogens is 412 g/mol. The lowest BCUT2D eigenvalue weighted by Gasteiger charge is -2.33. The zero-order valence-corrected chi connectivity index (χ0v) is 20.1. The van der Waals surface area contributed by atoms with Crippen molar-refractivity contribution in [3.8, 4) is 0 Å². The summed E-state index contributed by atoms with van der Waals surface area (Å²) in [5.41, 5.74) is -0.140. The molecule has 0 radical (unpaired) electrons. The van der Waals surface area contributed by atoms with Crippen LogP contribution in [0.15, 0.2) is 18.2 Å². The van der Waals surface area contributed by atoms with Gasteiger partial charge in [-0.3, -0.25) is 4.68 Å². The number of halogens is 1. The molecule has 1 amide bonds. The quantitative estimate of drug-likeness (QED) is 0.653. The number of nitrogens with zero attached hydrogens (tertiary/aromatic N) is 3. The first kappa shape index (κ1) is 23.0. The van der Waals surface area contributed by atoms with E-state index in [0.717, 1.165) is 5.39 Å². The summed E-state index contributed by atoms with van der Waals surface area (Å²) in [6.45, 7) is 14.7. The fourth-order valence-electron chi connectivity index (χ4n) is 4.16. The second-order valence-electron chi connectivity index (χ2n) is 10.8. The fraction of sp³-hybridized carbons (Fsp3) is 0.652. The number of hydrogen-bond acceptors (Lipinski definition) is 5. The number of amides is 1. The van der Waals surface area contributed by atoms with Gasteiger partial charge in [-0.1, -0.05) is 0 Å². The number of likely N-dealkylation sites (tertiary alicyclic amines) is 1. The van der Waals surface area contributed by atoms with Crippen LogP contribution in [0.4, 0.5) is 9.18 Å². The van der Waals surface area contributed by atoms with E-state index in [1.54, 1.807) is 11.0 Å². The van der Waals surface area contributed by atoms with E-state index in [9.17, 15) is 9.18 Å². The van der Waals surface area contributed by atoms with Crippen molar-refractivity contribution in [1.29, 1.82) is 0 Å². The lowest BCUT2D eigenvalue weighted by atomic mass is 9.82. The van der Waals surface area contributed by atoms with Gasteiger partial charge in [0.05, 0.1) is 22.8 Å². The third-order valence-corrected chi connectivity index (χ3v) is 6.64. The van der Waals surface area contributed by atoms with Crippen molar-refractivity contribution in [3.05, 3.63) is 24.0 Å². The molecule has 4 rings (SSSR count). The Morgan fingerprint density at radius 1 is 1.16 bits per heavy atom.